The van der Waals surface area contributed by atoms with Crippen LogP contribution < -0.4 is 16.8 Å². The van der Waals surface area contributed by atoms with Crippen molar-refractivity contribution in [2.75, 3.05) is 19.6 Å². The van der Waals surface area contributed by atoms with Crippen LogP contribution in [0.5, 0.6) is 0 Å². The van der Waals surface area contributed by atoms with E-state index < -0.39 is 0 Å². The van der Waals surface area contributed by atoms with Crippen LogP contribution in [0.4, 0.5) is 0 Å². The quantitative estimate of drug-likeness (QED) is 0.303. The van der Waals surface area contributed by atoms with Crippen molar-refractivity contribution >= 4 is 23.6 Å². The van der Waals surface area contributed by atoms with Gasteiger partial charge in [0, 0.05) is 49.5 Å². The number of amides is 3. The van der Waals surface area contributed by atoms with Crippen molar-refractivity contribution in [1.29, 1.82) is 5.41 Å². The molecule has 37 heavy (non-hydrogen) atoms. The fourth-order valence-corrected chi connectivity index (χ4v) is 7.85. The second kappa shape index (κ2) is 11.3. The van der Waals surface area contributed by atoms with Gasteiger partial charge in [-0.25, -0.2) is 0 Å². The molecule has 0 radical (unpaired) electrons. The summed E-state index contributed by atoms with van der Waals surface area (Å²) in [5.41, 5.74) is 11.5. The Kier molecular flexibility index (Phi) is 8.07. The topological polar surface area (TPSA) is 146 Å². The summed E-state index contributed by atoms with van der Waals surface area (Å²) >= 11 is 0. The number of nitrogens with one attached hydrogen (secondary N) is 2. The van der Waals surface area contributed by atoms with Crippen LogP contribution in [0.1, 0.15) is 83.5 Å². The molecule has 2 saturated heterocycles. The molecule has 3 saturated carbocycles. The van der Waals surface area contributed by atoms with Crippen LogP contribution in [-0.2, 0) is 14.4 Å². The molecule has 2 heterocycles. The lowest BCUT2D eigenvalue weighted by atomic mass is 9.77. The Morgan fingerprint density at radius 2 is 1.46 bits per heavy atom. The van der Waals surface area contributed by atoms with Crippen LogP contribution in [0.3, 0.4) is 0 Å². The number of carbonyl (C=O) groups excluding carboxylic acids is 3. The van der Waals surface area contributed by atoms with Crippen LogP contribution in [0, 0.1) is 35.0 Å². The zero-order valence-corrected chi connectivity index (χ0v) is 22.2. The summed E-state index contributed by atoms with van der Waals surface area (Å²) in [6, 6.07) is 0.292. The van der Waals surface area contributed by atoms with Gasteiger partial charge < -0.3 is 21.7 Å². The largest absolute Gasteiger partial charge is 0.387 e. The van der Waals surface area contributed by atoms with Gasteiger partial charge in [0.1, 0.15) is 0 Å². The van der Waals surface area contributed by atoms with E-state index in [0.29, 0.717) is 17.7 Å². The first-order valence-electron chi connectivity index (χ1n) is 14.8. The molecule has 5 aliphatic rings. The lowest BCUT2D eigenvalue weighted by Gasteiger charge is -2.40. The molecule has 206 valence electrons. The van der Waals surface area contributed by atoms with E-state index in [4.69, 9.17) is 16.9 Å². The van der Waals surface area contributed by atoms with E-state index >= 15 is 0 Å². The number of amidine groups is 1. The van der Waals surface area contributed by atoms with E-state index in [0.717, 1.165) is 103 Å². The Balaban J connectivity index is 1.20. The Morgan fingerprint density at radius 3 is 2.05 bits per heavy atom. The molecule has 0 spiro atoms. The lowest BCUT2D eigenvalue weighted by Crippen LogP contribution is -2.52. The number of primary amides is 1. The summed E-state index contributed by atoms with van der Waals surface area (Å²) in [5.74, 6) is 1.69. The van der Waals surface area contributed by atoms with Gasteiger partial charge in [0.15, 0.2) is 0 Å². The van der Waals surface area contributed by atoms with Gasteiger partial charge >= 0.3 is 0 Å². The normalized spacial score (nSPS) is 38.3. The van der Waals surface area contributed by atoms with Crippen LogP contribution >= 0.6 is 0 Å². The molecule has 4 atom stereocenters. The molecular formula is C28H46N6O3. The number of carbonyl (C=O) groups is 3. The minimum absolute atomic E-state index is 0.0125. The zero-order chi connectivity index (χ0) is 26.1. The third-order valence-corrected chi connectivity index (χ3v) is 10.4. The molecule has 9 nitrogen and oxygen atoms in total. The highest BCUT2D eigenvalue weighted by Crippen LogP contribution is 2.43. The zero-order valence-electron chi connectivity index (χ0n) is 22.2. The summed E-state index contributed by atoms with van der Waals surface area (Å²) < 4.78 is 0. The predicted molar refractivity (Wildman–Crippen MR) is 141 cm³/mol. The van der Waals surface area contributed by atoms with E-state index in [1.54, 1.807) is 0 Å². The van der Waals surface area contributed by atoms with E-state index in [1.807, 2.05) is 4.90 Å². The number of nitrogens with two attached hydrogens (primary N) is 2. The minimum atomic E-state index is -0.185. The summed E-state index contributed by atoms with van der Waals surface area (Å²) in [7, 11) is 0. The van der Waals surface area contributed by atoms with Gasteiger partial charge in [0.25, 0.3) is 0 Å². The van der Waals surface area contributed by atoms with Gasteiger partial charge in [-0.3, -0.25) is 24.7 Å². The first kappa shape index (κ1) is 26.4. The summed E-state index contributed by atoms with van der Waals surface area (Å²) in [6.45, 7) is 2.68. The monoisotopic (exact) mass is 514 g/mol. The van der Waals surface area contributed by atoms with Gasteiger partial charge in [-0.15, -0.1) is 0 Å². The van der Waals surface area contributed by atoms with Gasteiger partial charge in [0.2, 0.25) is 17.7 Å². The van der Waals surface area contributed by atoms with Gasteiger partial charge in [-0.2, -0.15) is 0 Å². The van der Waals surface area contributed by atoms with Crippen molar-refractivity contribution in [2.24, 2.45) is 41.1 Å². The second-order valence-electron chi connectivity index (χ2n) is 12.6. The Morgan fingerprint density at radius 1 is 0.811 bits per heavy atom. The van der Waals surface area contributed by atoms with Crippen molar-refractivity contribution in [3.05, 3.63) is 0 Å². The fourth-order valence-electron chi connectivity index (χ4n) is 7.85. The van der Waals surface area contributed by atoms with E-state index in [1.165, 1.54) is 0 Å². The highest BCUT2D eigenvalue weighted by atomic mass is 16.2. The maximum atomic E-state index is 13.7. The SMILES string of the molecule is N=C(N)C1CCC2CC(C(=O)NC3CCC(C(=O)N4CCC4)CC3)N(CC3CCC(C(N)=O)CC3)C2C1. The van der Waals surface area contributed by atoms with Crippen molar-refractivity contribution in [1.82, 2.24) is 15.1 Å². The van der Waals surface area contributed by atoms with Crippen molar-refractivity contribution in [3.8, 4) is 0 Å². The highest BCUT2D eigenvalue weighted by molar-refractivity contribution is 5.83. The van der Waals surface area contributed by atoms with E-state index in [2.05, 4.69) is 10.2 Å². The van der Waals surface area contributed by atoms with E-state index in [-0.39, 0.29) is 53.5 Å². The van der Waals surface area contributed by atoms with Crippen molar-refractivity contribution in [2.45, 2.75) is 102 Å². The molecule has 3 aliphatic carbocycles. The van der Waals surface area contributed by atoms with Crippen molar-refractivity contribution in [3.63, 3.8) is 0 Å². The molecule has 4 unspecified atom stereocenters. The predicted octanol–water partition coefficient (Wildman–Crippen LogP) is 1.98. The number of likely N-dealkylation sites (tertiary alicyclic amines) is 2. The third-order valence-electron chi connectivity index (χ3n) is 10.4. The molecule has 0 aromatic heterocycles. The summed E-state index contributed by atoms with van der Waals surface area (Å²) in [6.07, 6.45) is 11.9. The molecule has 0 aromatic carbocycles. The molecule has 2 aliphatic heterocycles. The summed E-state index contributed by atoms with van der Waals surface area (Å²) in [5, 5.41) is 11.4. The van der Waals surface area contributed by atoms with Gasteiger partial charge in [-0.05, 0) is 95.3 Å². The number of hydrogen-bond donors (Lipinski definition) is 4. The molecule has 5 rings (SSSR count). The van der Waals surface area contributed by atoms with Crippen LogP contribution in [0.15, 0.2) is 0 Å². The maximum Gasteiger partial charge on any atom is 0.237 e. The van der Waals surface area contributed by atoms with Crippen LogP contribution in [-0.4, -0.2) is 71.1 Å². The minimum Gasteiger partial charge on any atom is -0.387 e. The van der Waals surface area contributed by atoms with Crippen molar-refractivity contribution < 1.29 is 14.4 Å². The number of hydrogen-bond acceptors (Lipinski definition) is 5. The average Bonchev–Trinajstić information content (AvgIpc) is 3.21. The number of fused-ring (bicyclic) bond motifs is 1. The Labute approximate surface area is 220 Å². The second-order valence-corrected chi connectivity index (χ2v) is 12.6. The van der Waals surface area contributed by atoms with Crippen LogP contribution in [0.2, 0.25) is 0 Å². The van der Waals surface area contributed by atoms with E-state index in [9.17, 15) is 14.4 Å². The smallest absolute Gasteiger partial charge is 0.237 e. The average molecular weight is 515 g/mol. The highest BCUT2D eigenvalue weighted by Gasteiger charge is 2.48. The Bertz CT molecular complexity index is 875. The van der Waals surface area contributed by atoms with Crippen LogP contribution in [0.25, 0.3) is 0 Å². The molecule has 3 amide bonds. The summed E-state index contributed by atoms with van der Waals surface area (Å²) in [4.78, 5) is 42.4. The number of nitrogens with zero attached hydrogens (tertiary/aromatic N) is 2. The Hall–Kier alpha value is -2.16. The molecule has 6 N–H and O–H groups in total. The first-order valence-corrected chi connectivity index (χ1v) is 14.8. The standard InChI is InChI=1S/C28H46N6O3/c29-25(30)21-7-6-20-14-24(34(23(20)15-21)16-17-2-4-18(5-3-17)26(31)35)27(36)32-22-10-8-19(9-11-22)28(37)33-12-1-13-33/h17-24H,1-16H2,(H3,29,30)(H2,31,35)(H,32,36). The molecular weight excluding hydrogens is 468 g/mol. The van der Waals surface area contributed by atoms with Gasteiger partial charge in [0.05, 0.1) is 11.9 Å². The first-order chi connectivity index (χ1) is 17.8. The molecule has 0 bridgehead atoms. The third kappa shape index (κ3) is 5.81. The van der Waals surface area contributed by atoms with Gasteiger partial charge in [-0.1, -0.05) is 0 Å². The number of rotatable bonds is 7. The molecule has 9 heteroatoms. The lowest BCUT2D eigenvalue weighted by molar-refractivity contribution is -0.140. The molecule has 0 aromatic rings. The maximum absolute atomic E-state index is 13.7. The molecule has 5 fully saturated rings. The fraction of sp³-hybridized carbons (Fsp3) is 0.857.